The number of anilines is 2. The molecular formula is C23H22ClF3N4O4. The summed E-state index contributed by atoms with van der Waals surface area (Å²) in [5.41, 5.74) is 0.861. The molecule has 2 aromatic carbocycles. The van der Waals surface area contributed by atoms with Crippen LogP contribution in [0.15, 0.2) is 42.6 Å². The van der Waals surface area contributed by atoms with Crippen molar-refractivity contribution in [1.29, 1.82) is 0 Å². The van der Waals surface area contributed by atoms with E-state index in [0.717, 1.165) is 10.9 Å². The van der Waals surface area contributed by atoms with E-state index in [9.17, 15) is 18.0 Å². The highest BCUT2D eigenvalue weighted by Gasteiger charge is 2.47. The fourth-order valence-electron chi connectivity index (χ4n) is 3.98. The van der Waals surface area contributed by atoms with Crippen LogP contribution in [-0.4, -0.2) is 43.2 Å². The van der Waals surface area contributed by atoms with E-state index >= 15 is 0 Å². The molecule has 2 N–H and O–H groups in total. The zero-order valence-corrected chi connectivity index (χ0v) is 19.7. The second-order valence-corrected chi connectivity index (χ2v) is 8.20. The largest absolute Gasteiger partial charge is 0.493 e. The Morgan fingerprint density at radius 1 is 1.11 bits per heavy atom. The lowest BCUT2D eigenvalue weighted by Crippen LogP contribution is -2.36. The lowest BCUT2D eigenvalue weighted by atomic mass is 9.95. The molecule has 1 amide bonds. The first kappa shape index (κ1) is 24.5. The predicted octanol–water partition coefficient (Wildman–Crippen LogP) is 5.47. The van der Waals surface area contributed by atoms with Crippen molar-refractivity contribution in [3.8, 4) is 17.2 Å². The average Bonchev–Trinajstić information content (AvgIpc) is 3.27. The van der Waals surface area contributed by atoms with Crippen LogP contribution in [0.3, 0.4) is 0 Å². The number of hydrogen-bond acceptors (Lipinski definition) is 6. The monoisotopic (exact) mass is 510 g/mol. The number of halogens is 4. The number of amides is 1. The van der Waals surface area contributed by atoms with Crippen molar-refractivity contribution < 1.29 is 32.2 Å². The molecule has 8 nitrogen and oxygen atoms in total. The number of aromatic nitrogens is 2. The predicted molar refractivity (Wildman–Crippen MR) is 124 cm³/mol. The quantitative estimate of drug-likeness (QED) is 0.457. The third-order valence-corrected chi connectivity index (χ3v) is 5.93. The fraction of sp³-hybridized carbons (Fsp3) is 0.304. The van der Waals surface area contributed by atoms with E-state index in [1.165, 1.54) is 21.3 Å². The lowest BCUT2D eigenvalue weighted by molar-refractivity contribution is -0.173. The van der Waals surface area contributed by atoms with Crippen LogP contribution in [0, 0.1) is 0 Å². The van der Waals surface area contributed by atoms with Crippen molar-refractivity contribution in [3.05, 3.63) is 58.7 Å². The Bertz CT molecular complexity index is 1210. The molecule has 0 aliphatic carbocycles. The Morgan fingerprint density at radius 2 is 1.74 bits per heavy atom. The molecule has 12 heteroatoms. The van der Waals surface area contributed by atoms with E-state index in [0.29, 0.717) is 33.5 Å². The van der Waals surface area contributed by atoms with Crippen LogP contribution in [0.1, 0.15) is 34.4 Å². The summed E-state index contributed by atoms with van der Waals surface area (Å²) in [6, 6.07) is 6.70. The highest BCUT2D eigenvalue weighted by molar-refractivity contribution is 6.30. The number of fused-ring (bicyclic) bond motifs is 1. The van der Waals surface area contributed by atoms with Crippen LogP contribution in [0.2, 0.25) is 5.02 Å². The van der Waals surface area contributed by atoms with Crippen molar-refractivity contribution in [1.82, 2.24) is 9.78 Å². The van der Waals surface area contributed by atoms with E-state index < -0.39 is 24.2 Å². The molecule has 3 aromatic rings. The van der Waals surface area contributed by atoms with Crippen LogP contribution in [-0.2, 0) is 0 Å². The minimum Gasteiger partial charge on any atom is -0.493 e. The van der Waals surface area contributed by atoms with Crippen LogP contribution >= 0.6 is 11.6 Å². The van der Waals surface area contributed by atoms with Gasteiger partial charge in [-0.25, -0.2) is 4.68 Å². The van der Waals surface area contributed by atoms with Gasteiger partial charge in [-0.05, 0) is 42.0 Å². The first-order valence-electron chi connectivity index (χ1n) is 10.4. The number of carbonyl (C=O) groups is 1. The van der Waals surface area contributed by atoms with Gasteiger partial charge in [0.25, 0.3) is 5.91 Å². The number of carbonyl (C=O) groups excluding carboxylic acids is 1. The first-order valence-corrected chi connectivity index (χ1v) is 10.8. The minimum absolute atomic E-state index is 0.0358. The molecule has 0 radical (unpaired) electrons. The third kappa shape index (κ3) is 4.81. The molecule has 1 aromatic heterocycles. The van der Waals surface area contributed by atoms with Crippen LogP contribution in [0.25, 0.3) is 0 Å². The maximum Gasteiger partial charge on any atom is 0.410 e. The Labute approximate surface area is 203 Å². The summed E-state index contributed by atoms with van der Waals surface area (Å²) in [6.45, 7) is 0. The number of methoxy groups -OCH3 is 3. The van der Waals surface area contributed by atoms with Gasteiger partial charge in [-0.2, -0.15) is 18.3 Å². The summed E-state index contributed by atoms with van der Waals surface area (Å²) < 4.78 is 58.9. The van der Waals surface area contributed by atoms with Gasteiger partial charge in [0.05, 0.1) is 33.6 Å². The first-order chi connectivity index (χ1) is 16.7. The second-order valence-electron chi connectivity index (χ2n) is 7.76. The maximum atomic E-state index is 14.0. The van der Waals surface area contributed by atoms with Crippen LogP contribution in [0.4, 0.5) is 24.7 Å². The van der Waals surface area contributed by atoms with E-state index in [4.69, 9.17) is 25.8 Å². The van der Waals surface area contributed by atoms with Crippen molar-refractivity contribution in [3.63, 3.8) is 0 Å². The molecule has 35 heavy (non-hydrogen) atoms. The van der Waals surface area contributed by atoms with Crippen molar-refractivity contribution in [2.45, 2.75) is 24.7 Å². The number of rotatable bonds is 6. The van der Waals surface area contributed by atoms with Gasteiger partial charge < -0.3 is 24.8 Å². The molecule has 0 spiro atoms. The number of alkyl halides is 3. The standard InChI is InChI=1S/C23H22ClF3N4O4/c1-33-17-8-12(9-18(34-2)20(17)35-3)16-10-19(23(25,26)27)31-21(30-16)15(11-28-31)22(32)29-14-6-4-13(24)5-7-14/h4-9,11,16,19,30H,10H2,1-3H3,(H,29,32)/t16-,19-/m1/s1. The number of benzene rings is 2. The summed E-state index contributed by atoms with van der Waals surface area (Å²) in [5, 5.41) is 10.1. The summed E-state index contributed by atoms with van der Waals surface area (Å²) in [6.07, 6.45) is -3.86. The normalized spacial score (nSPS) is 17.2. The van der Waals surface area contributed by atoms with Gasteiger partial charge in [0.1, 0.15) is 11.4 Å². The molecule has 2 atom stereocenters. The summed E-state index contributed by atoms with van der Waals surface area (Å²) in [7, 11) is 4.27. The van der Waals surface area contributed by atoms with Crippen molar-refractivity contribution >= 4 is 29.0 Å². The van der Waals surface area contributed by atoms with E-state index in [-0.39, 0.29) is 17.8 Å². The van der Waals surface area contributed by atoms with E-state index in [2.05, 4.69) is 15.7 Å². The minimum atomic E-state index is -4.61. The van der Waals surface area contributed by atoms with E-state index in [1.54, 1.807) is 36.4 Å². The van der Waals surface area contributed by atoms with Crippen LogP contribution in [0.5, 0.6) is 17.2 Å². The van der Waals surface area contributed by atoms with Gasteiger partial charge in [0, 0.05) is 17.1 Å². The molecule has 1 aliphatic rings. The van der Waals surface area contributed by atoms with Gasteiger partial charge in [-0.15, -0.1) is 0 Å². The molecule has 1 aliphatic heterocycles. The Hall–Kier alpha value is -3.60. The smallest absolute Gasteiger partial charge is 0.410 e. The lowest BCUT2D eigenvalue weighted by Gasteiger charge is -2.34. The average molecular weight is 511 g/mol. The molecule has 4 rings (SSSR count). The van der Waals surface area contributed by atoms with Crippen LogP contribution < -0.4 is 24.8 Å². The topological polar surface area (TPSA) is 86.6 Å². The van der Waals surface area contributed by atoms with Gasteiger partial charge in [0.2, 0.25) is 5.75 Å². The third-order valence-electron chi connectivity index (χ3n) is 5.67. The molecule has 0 saturated heterocycles. The molecule has 2 heterocycles. The molecular weight excluding hydrogens is 489 g/mol. The summed E-state index contributed by atoms with van der Waals surface area (Å²) in [5.74, 6) is 0.241. The van der Waals surface area contributed by atoms with Crippen molar-refractivity contribution in [2.24, 2.45) is 0 Å². The molecule has 0 saturated carbocycles. The molecule has 186 valence electrons. The second kappa shape index (κ2) is 9.57. The Morgan fingerprint density at radius 3 is 2.29 bits per heavy atom. The molecule has 0 fully saturated rings. The molecule has 0 bridgehead atoms. The number of ether oxygens (including phenoxy) is 3. The zero-order valence-electron chi connectivity index (χ0n) is 18.9. The Balaban J connectivity index is 1.73. The van der Waals surface area contributed by atoms with Gasteiger partial charge >= 0.3 is 6.18 Å². The maximum absolute atomic E-state index is 14.0. The fourth-order valence-corrected chi connectivity index (χ4v) is 4.11. The van der Waals surface area contributed by atoms with Gasteiger partial charge in [-0.3, -0.25) is 4.79 Å². The summed E-state index contributed by atoms with van der Waals surface area (Å²) >= 11 is 5.87. The SMILES string of the molecule is COc1cc([C@H]2C[C@H](C(F)(F)F)n3ncc(C(=O)Nc4ccc(Cl)cc4)c3N2)cc(OC)c1OC. The highest BCUT2D eigenvalue weighted by atomic mass is 35.5. The van der Waals surface area contributed by atoms with Gasteiger partial charge in [0.15, 0.2) is 17.5 Å². The number of nitrogens with one attached hydrogen (secondary N) is 2. The highest BCUT2D eigenvalue weighted by Crippen LogP contribution is 2.47. The zero-order chi connectivity index (χ0) is 25.3. The summed E-state index contributed by atoms with van der Waals surface area (Å²) in [4.78, 5) is 12.9. The van der Waals surface area contributed by atoms with E-state index in [1.807, 2.05) is 0 Å². The van der Waals surface area contributed by atoms with Gasteiger partial charge in [-0.1, -0.05) is 11.6 Å². The Kier molecular flexibility index (Phi) is 6.70. The molecule has 0 unspecified atom stereocenters. The van der Waals surface area contributed by atoms with Crippen molar-refractivity contribution in [2.75, 3.05) is 32.0 Å². The number of nitrogens with zero attached hydrogens (tertiary/aromatic N) is 2. The number of hydrogen-bond donors (Lipinski definition) is 2.